The standard InChI is InChI=1S/C7H11NO2/c1-8-7-2-6(3-7,4-7)5(9)10/h8H,2-4H2,1H3,(H,9,10). The fourth-order valence-electron chi connectivity index (χ4n) is 2.28. The van der Waals surface area contributed by atoms with Crippen molar-refractivity contribution in [1.29, 1.82) is 0 Å². The van der Waals surface area contributed by atoms with Gasteiger partial charge in [-0.25, -0.2) is 0 Å². The summed E-state index contributed by atoms with van der Waals surface area (Å²) in [6.45, 7) is 0. The second kappa shape index (κ2) is 1.37. The van der Waals surface area contributed by atoms with Crippen molar-refractivity contribution in [2.75, 3.05) is 7.05 Å². The van der Waals surface area contributed by atoms with Crippen LogP contribution in [0.5, 0.6) is 0 Å². The second-order valence-corrected chi connectivity index (χ2v) is 3.65. The van der Waals surface area contributed by atoms with Crippen LogP contribution in [0.25, 0.3) is 0 Å². The third-order valence-electron chi connectivity index (χ3n) is 3.01. The quantitative estimate of drug-likeness (QED) is 0.578. The Balaban J connectivity index is 2.04. The number of carboxylic acid groups (broad SMARTS) is 1. The SMILES string of the molecule is CNC12CC(C(=O)O)(C1)C2. The van der Waals surface area contributed by atoms with Crippen molar-refractivity contribution >= 4 is 5.97 Å². The molecule has 0 aromatic carbocycles. The van der Waals surface area contributed by atoms with Gasteiger partial charge in [-0.2, -0.15) is 0 Å². The first-order valence-electron chi connectivity index (χ1n) is 3.55. The van der Waals surface area contributed by atoms with E-state index in [4.69, 9.17) is 5.11 Å². The van der Waals surface area contributed by atoms with E-state index in [1.807, 2.05) is 7.05 Å². The minimum atomic E-state index is -0.607. The summed E-state index contributed by atoms with van der Waals surface area (Å²) < 4.78 is 0. The van der Waals surface area contributed by atoms with Crippen LogP contribution in [-0.4, -0.2) is 23.7 Å². The molecule has 10 heavy (non-hydrogen) atoms. The summed E-state index contributed by atoms with van der Waals surface area (Å²) in [6, 6.07) is 0. The maximum atomic E-state index is 10.6. The van der Waals surface area contributed by atoms with Gasteiger partial charge in [-0.1, -0.05) is 0 Å². The van der Waals surface area contributed by atoms with Gasteiger partial charge in [0, 0.05) is 5.54 Å². The lowest BCUT2D eigenvalue weighted by atomic mass is 9.39. The average molecular weight is 141 g/mol. The van der Waals surface area contributed by atoms with Gasteiger partial charge in [0.25, 0.3) is 0 Å². The highest BCUT2D eigenvalue weighted by molar-refractivity contribution is 5.80. The summed E-state index contributed by atoms with van der Waals surface area (Å²) in [6.07, 6.45) is 2.52. The molecule has 0 unspecified atom stereocenters. The van der Waals surface area contributed by atoms with E-state index in [0.717, 1.165) is 19.3 Å². The van der Waals surface area contributed by atoms with Crippen molar-refractivity contribution < 1.29 is 9.90 Å². The molecule has 0 aromatic heterocycles. The van der Waals surface area contributed by atoms with Crippen LogP contribution in [0.15, 0.2) is 0 Å². The Morgan fingerprint density at radius 3 is 2.30 bits per heavy atom. The monoisotopic (exact) mass is 141 g/mol. The summed E-state index contributed by atoms with van der Waals surface area (Å²) in [5, 5.41) is 11.9. The maximum Gasteiger partial charge on any atom is 0.309 e. The molecule has 0 atom stereocenters. The van der Waals surface area contributed by atoms with E-state index in [-0.39, 0.29) is 11.0 Å². The van der Waals surface area contributed by atoms with Crippen LogP contribution in [0.2, 0.25) is 0 Å². The Kier molecular flexibility index (Phi) is 0.844. The van der Waals surface area contributed by atoms with Gasteiger partial charge in [0.15, 0.2) is 0 Å². The molecule has 0 radical (unpaired) electrons. The van der Waals surface area contributed by atoms with Gasteiger partial charge < -0.3 is 10.4 Å². The minimum Gasteiger partial charge on any atom is -0.481 e. The highest BCUT2D eigenvalue weighted by Gasteiger charge is 2.71. The van der Waals surface area contributed by atoms with Crippen LogP contribution in [-0.2, 0) is 4.79 Å². The van der Waals surface area contributed by atoms with Gasteiger partial charge >= 0.3 is 5.97 Å². The lowest BCUT2D eigenvalue weighted by Crippen LogP contribution is -2.75. The van der Waals surface area contributed by atoms with Crippen LogP contribution in [0.4, 0.5) is 0 Å². The molecular weight excluding hydrogens is 130 g/mol. The first kappa shape index (κ1) is 6.16. The van der Waals surface area contributed by atoms with Gasteiger partial charge in [0.05, 0.1) is 5.41 Å². The highest BCUT2D eigenvalue weighted by Crippen LogP contribution is 2.66. The summed E-state index contributed by atoms with van der Waals surface area (Å²) >= 11 is 0. The number of carbonyl (C=O) groups is 1. The zero-order valence-corrected chi connectivity index (χ0v) is 5.98. The topological polar surface area (TPSA) is 49.3 Å². The molecule has 0 aliphatic heterocycles. The molecule has 0 aromatic rings. The molecule has 0 saturated heterocycles. The fraction of sp³-hybridized carbons (Fsp3) is 0.857. The molecule has 3 heteroatoms. The first-order valence-corrected chi connectivity index (χ1v) is 3.55. The van der Waals surface area contributed by atoms with Crippen LogP contribution < -0.4 is 5.32 Å². The number of hydrogen-bond donors (Lipinski definition) is 2. The normalized spacial score (nSPS) is 49.3. The molecule has 0 heterocycles. The molecule has 3 aliphatic rings. The number of carboxylic acids is 1. The van der Waals surface area contributed by atoms with E-state index in [2.05, 4.69) is 5.32 Å². The number of aliphatic carboxylic acids is 1. The average Bonchev–Trinajstić information content (AvgIpc) is 1.57. The molecule has 2 bridgehead atoms. The van der Waals surface area contributed by atoms with Gasteiger partial charge in [-0.15, -0.1) is 0 Å². The third-order valence-corrected chi connectivity index (χ3v) is 3.01. The Morgan fingerprint density at radius 2 is 2.00 bits per heavy atom. The fourth-order valence-corrected chi connectivity index (χ4v) is 2.28. The van der Waals surface area contributed by atoms with Crippen molar-refractivity contribution in [3.05, 3.63) is 0 Å². The van der Waals surface area contributed by atoms with Crippen molar-refractivity contribution in [2.45, 2.75) is 24.8 Å². The molecule has 2 N–H and O–H groups in total. The zero-order chi connectivity index (χ0) is 7.41. The largest absolute Gasteiger partial charge is 0.481 e. The van der Waals surface area contributed by atoms with Crippen molar-refractivity contribution in [1.82, 2.24) is 5.32 Å². The molecule has 0 amide bonds. The number of nitrogens with one attached hydrogen (secondary N) is 1. The molecule has 0 spiro atoms. The summed E-state index contributed by atoms with van der Waals surface area (Å²) in [5.41, 5.74) is -0.0958. The summed E-state index contributed by atoms with van der Waals surface area (Å²) in [5.74, 6) is -0.607. The van der Waals surface area contributed by atoms with Crippen LogP contribution in [0.1, 0.15) is 19.3 Å². The Morgan fingerprint density at radius 1 is 1.50 bits per heavy atom. The first-order chi connectivity index (χ1) is 4.63. The van der Waals surface area contributed by atoms with Crippen LogP contribution >= 0.6 is 0 Å². The molecule has 3 aliphatic carbocycles. The molecule has 56 valence electrons. The van der Waals surface area contributed by atoms with Gasteiger partial charge in [0.1, 0.15) is 0 Å². The van der Waals surface area contributed by atoms with E-state index in [1.54, 1.807) is 0 Å². The maximum absolute atomic E-state index is 10.6. The molecule has 3 fully saturated rings. The summed E-state index contributed by atoms with van der Waals surface area (Å²) in [7, 11) is 1.91. The van der Waals surface area contributed by atoms with Gasteiger partial charge in [0.2, 0.25) is 0 Å². The number of hydrogen-bond acceptors (Lipinski definition) is 2. The van der Waals surface area contributed by atoms with Crippen LogP contribution in [0, 0.1) is 5.41 Å². The highest BCUT2D eigenvalue weighted by atomic mass is 16.4. The van der Waals surface area contributed by atoms with Crippen LogP contribution in [0.3, 0.4) is 0 Å². The predicted molar refractivity (Wildman–Crippen MR) is 35.7 cm³/mol. The van der Waals surface area contributed by atoms with Gasteiger partial charge in [-0.3, -0.25) is 4.79 Å². The van der Waals surface area contributed by atoms with E-state index in [1.165, 1.54) is 0 Å². The third kappa shape index (κ3) is 0.440. The lowest BCUT2D eigenvalue weighted by Gasteiger charge is -2.68. The second-order valence-electron chi connectivity index (χ2n) is 3.65. The van der Waals surface area contributed by atoms with E-state index >= 15 is 0 Å². The Labute approximate surface area is 59.4 Å². The molecular formula is C7H11NO2. The molecule has 3 saturated carbocycles. The van der Waals surface area contributed by atoms with E-state index < -0.39 is 5.97 Å². The smallest absolute Gasteiger partial charge is 0.309 e. The zero-order valence-electron chi connectivity index (χ0n) is 5.98. The van der Waals surface area contributed by atoms with Gasteiger partial charge in [-0.05, 0) is 26.3 Å². The van der Waals surface area contributed by atoms with Crippen molar-refractivity contribution in [2.24, 2.45) is 5.41 Å². The summed E-state index contributed by atoms with van der Waals surface area (Å²) in [4.78, 5) is 10.6. The van der Waals surface area contributed by atoms with Crippen molar-refractivity contribution in [3.63, 3.8) is 0 Å². The van der Waals surface area contributed by atoms with E-state index in [9.17, 15) is 4.79 Å². The van der Waals surface area contributed by atoms with Crippen molar-refractivity contribution in [3.8, 4) is 0 Å². The molecule has 3 nitrogen and oxygen atoms in total. The number of rotatable bonds is 2. The Hall–Kier alpha value is -0.570. The minimum absolute atomic E-state index is 0.221. The Bertz CT molecular complexity index is 180. The predicted octanol–water partition coefficient (Wildman–Crippen LogP) is 0.213. The lowest BCUT2D eigenvalue weighted by molar-refractivity contribution is -0.197. The molecule has 3 rings (SSSR count). The van der Waals surface area contributed by atoms with E-state index in [0.29, 0.717) is 0 Å².